The van der Waals surface area contributed by atoms with Gasteiger partial charge in [-0.25, -0.2) is 4.98 Å². The molecule has 6 heteroatoms. The number of carboxylic acids is 1. The third-order valence-electron chi connectivity index (χ3n) is 2.61. The molecular weight excluding hydrogens is 252 g/mol. The number of nitrogens with zero attached hydrogens (tertiary/aromatic N) is 2. The zero-order valence-electron chi connectivity index (χ0n) is 10.8. The van der Waals surface area contributed by atoms with E-state index in [0.717, 1.165) is 5.69 Å². The zero-order chi connectivity index (χ0) is 13.7. The van der Waals surface area contributed by atoms with Gasteiger partial charge in [0.25, 0.3) is 5.91 Å². The lowest BCUT2D eigenvalue weighted by Gasteiger charge is -2.26. The van der Waals surface area contributed by atoms with Crippen molar-refractivity contribution in [2.45, 2.75) is 39.7 Å². The van der Waals surface area contributed by atoms with E-state index < -0.39 is 5.97 Å². The van der Waals surface area contributed by atoms with Gasteiger partial charge in [-0.3, -0.25) is 9.59 Å². The van der Waals surface area contributed by atoms with Gasteiger partial charge < -0.3 is 10.0 Å². The number of amides is 1. The molecule has 0 fully saturated rings. The summed E-state index contributed by atoms with van der Waals surface area (Å²) < 4.78 is 0. The van der Waals surface area contributed by atoms with Crippen molar-refractivity contribution in [3.63, 3.8) is 0 Å². The summed E-state index contributed by atoms with van der Waals surface area (Å²) in [7, 11) is 0. The number of aliphatic carboxylic acids is 1. The molecule has 18 heavy (non-hydrogen) atoms. The van der Waals surface area contributed by atoms with E-state index in [1.54, 1.807) is 17.3 Å². The van der Waals surface area contributed by atoms with E-state index in [0.29, 0.717) is 17.8 Å². The van der Waals surface area contributed by atoms with E-state index in [-0.39, 0.29) is 18.4 Å². The topological polar surface area (TPSA) is 70.5 Å². The van der Waals surface area contributed by atoms with Crippen molar-refractivity contribution in [3.8, 4) is 0 Å². The lowest BCUT2D eigenvalue weighted by molar-refractivity contribution is -0.137. The molecule has 0 bridgehead atoms. The minimum Gasteiger partial charge on any atom is -0.481 e. The fourth-order valence-electron chi connectivity index (χ4n) is 1.63. The predicted octanol–water partition coefficient (Wildman–Crippen LogP) is 2.17. The Labute approximate surface area is 110 Å². The molecule has 1 aromatic heterocycles. The molecule has 1 heterocycles. The first-order chi connectivity index (χ1) is 8.43. The summed E-state index contributed by atoms with van der Waals surface area (Å²) in [5.41, 5.74) is 2.38. The number of carboxylic acid groups (broad SMARTS) is 1. The highest BCUT2D eigenvalue weighted by molar-refractivity contribution is 7.11. The summed E-state index contributed by atoms with van der Waals surface area (Å²) >= 11 is 1.32. The molecular formula is C12H18N2O3S. The summed E-state index contributed by atoms with van der Waals surface area (Å²) in [4.78, 5) is 29.2. The van der Waals surface area contributed by atoms with Crippen LogP contribution in [0.5, 0.6) is 0 Å². The number of carbonyl (C=O) groups excluding carboxylic acids is 1. The summed E-state index contributed by atoms with van der Waals surface area (Å²) in [6, 6.07) is 0.0489. The van der Waals surface area contributed by atoms with Crippen LogP contribution in [0, 0.1) is 6.92 Å². The Bertz CT molecular complexity index is 429. The first-order valence-electron chi connectivity index (χ1n) is 5.86. The number of aromatic nitrogens is 1. The fraction of sp³-hybridized carbons (Fsp3) is 0.583. The van der Waals surface area contributed by atoms with Crippen LogP contribution in [0.4, 0.5) is 0 Å². The second-order valence-corrected chi connectivity index (χ2v) is 5.21. The Morgan fingerprint density at radius 3 is 2.61 bits per heavy atom. The van der Waals surface area contributed by atoms with Crippen LogP contribution < -0.4 is 0 Å². The smallest absolute Gasteiger partial charge is 0.303 e. The van der Waals surface area contributed by atoms with Crippen LogP contribution in [-0.2, 0) is 4.79 Å². The minimum atomic E-state index is -0.833. The highest BCUT2D eigenvalue weighted by atomic mass is 32.1. The van der Waals surface area contributed by atoms with Gasteiger partial charge in [0.15, 0.2) is 0 Å². The van der Waals surface area contributed by atoms with Crippen LogP contribution in [0.15, 0.2) is 5.51 Å². The average molecular weight is 270 g/mol. The standard InChI is InChI=1S/C12H18N2O3S/c1-8(2)14(6-4-5-10(15)16)12(17)11-9(3)13-7-18-11/h7-8H,4-6H2,1-3H3,(H,15,16). The van der Waals surface area contributed by atoms with E-state index >= 15 is 0 Å². The molecule has 1 N–H and O–H groups in total. The summed E-state index contributed by atoms with van der Waals surface area (Å²) in [6.45, 7) is 6.11. The first kappa shape index (κ1) is 14.6. The van der Waals surface area contributed by atoms with Crippen LogP contribution in [0.3, 0.4) is 0 Å². The van der Waals surface area contributed by atoms with Crippen LogP contribution in [-0.4, -0.2) is 39.5 Å². The molecule has 0 unspecified atom stereocenters. The number of carbonyl (C=O) groups is 2. The highest BCUT2D eigenvalue weighted by Gasteiger charge is 2.21. The van der Waals surface area contributed by atoms with E-state index in [1.807, 2.05) is 13.8 Å². The number of hydrogen-bond acceptors (Lipinski definition) is 4. The molecule has 0 spiro atoms. The van der Waals surface area contributed by atoms with Crippen molar-refractivity contribution >= 4 is 23.2 Å². The van der Waals surface area contributed by atoms with E-state index in [9.17, 15) is 9.59 Å². The molecule has 0 aliphatic carbocycles. The van der Waals surface area contributed by atoms with Crippen LogP contribution >= 0.6 is 11.3 Å². The zero-order valence-corrected chi connectivity index (χ0v) is 11.7. The lowest BCUT2D eigenvalue weighted by atomic mass is 10.2. The Morgan fingerprint density at radius 1 is 1.50 bits per heavy atom. The van der Waals surface area contributed by atoms with Crippen molar-refractivity contribution in [2.24, 2.45) is 0 Å². The SMILES string of the molecule is Cc1ncsc1C(=O)N(CCCC(=O)O)C(C)C. The maximum atomic E-state index is 12.3. The van der Waals surface area contributed by atoms with Crippen LogP contribution in [0.2, 0.25) is 0 Å². The Morgan fingerprint density at radius 2 is 2.17 bits per heavy atom. The van der Waals surface area contributed by atoms with Gasteiger partial charge in [-0.15, -0.1) is 11.3 Å². The Kier molecular flexibility index (Phi) is 5.27. The van der Waals surface area contributed by atoms with Crippen molar-refractivity contribution in [1.29, 1.82) is 0 Å². The fourth-order valence-corrected chi connectivity index (χ4v) is 2.39. The maximum Gasteiger partial charge on any atom is 0.303 e. The summed E-state index contributed by atoms with van der Waals surface area (Å²) in [5.74, 6) is -0.893. The van der Waals surface area contributed by atoms with Crippen molar-refractivity contribution in [2.75, 3.05) is 6.54 Å². The number of hydrogen-bond donors (Lipinski definition) is 1. The van der Waals surface area contributed by atoms with Gasteiger partial charge in [0.05, 0.1) is 11.2 Å². The van der Waals surface area contributed by atoms with Crippen LogP contribution in [0.1, 0.15) is 42.1 Å². The number of thiazole rings is 1. The van der Waals surface area contributed by atoms with Crippen LogP contribution in [0.25, 0.3) is 0 Å². The van der Waals surface area contributed by atoms with Gasteiger partial charge in [-0.2, -0.15) is 0 Å². The number of rotatable bonds is 6. The molecule has 0 aliphatic rings. The van der Waals surface area contributed by atoms with E-state index in [4.69, 9.17) is 5.11 Å². The van der Waals surface area contributed by atoms with Crippen molar-refractivity contribution in [1.82, 2.24) is 9.88 Å². The third-order valence-corrected chi connectivity index (χ3v) is 3.53. The molecule has 1 rings (SSSR count). The Hall–Kier alpha value is -1.43. The summed E-state index contributed by atoms with van der Waals surface area (Å²) in [5, 5.41) is 8.62. The highest BCUT2D eigenvalue weighted by Crippen LogP contribution is 2.17. The van der Waals surface area contributed by atoms with Gasteiger partial charge in [0, 0.05) is 19.0 Å². The van der Waals surface area contributed by atoms with Gasteiger partial charge in [0.2, 0.25) is 0 Å². The number of aryl methyl sites for hydroxylation is 1. The lowest BCUT2D eigenvalue weighted by Crippen LogP contribution is -2.37. The van der Waals surface area contributed by atoms with Crippen molar-refractivity contribution in [3.05, 3.63) is 16.1 Å². The molecule has 1 amide bonds. The minimum absolute atomic E-state index is 0.0489. The summed E-state index contributed by atoms with van der Waals surface area (Å²) in [6.07, 6.45) is 0.551. The van der Waals surface area contributed by atoms with Gasteiger partial charge in [-0.05, 0) is 27.2 Å². The molecule has 5 nitrogen and oxygen atoms in total. The molecule has 0 radical (unpaired) electrons. The third kappa shape index (κ3) is 3.80. The first-order valence-corrected chi connectivity index (χ1v) is 6.74. The normalized spacial score (nSPS) is 10.7. The molecule has 0 aromatic carbocycles. The largest absolute Gasteiger partial charge is 0.481 e. The molecule has 100 valence electrons. The monoisotopic (exact) mass is 270 g/mol. The quantitative estimate of drug-likeness (QED) is 0.860. The van der Waals surface area contributed by atoms with E-state index in [2.05, 4.69) is 4.98 Å². The predicted molar refractivity (Wildman–Crippen MR) is 69.9 cm³/mol. The van der Waals surface area contributed by atoms with Crippen molar-refractivity contribution < 1.29 is 14.7 Å². The molecule has 0 saturated heterocycles. The average Bonchev–Trinajstić information content (AvgIpc) is 2.69. The Balaban J connectivity index is 2.70. The molecule has 0 atom stereocenters. The van der Waals surface area contributed by atoms with Gasteiger partial charge in [0.1, 0.15) is 4.88 Å². The molecule has 1 aromatic rings. The van der Waals surface area contributed by atoms with Gasteiger partial charge >= 0.3 is 5.97 Å². The second kappa shape index (κ2) is 6.49. The maximum absolute atomic E-state index is 12.3. The second-order valence-electron chi connectivity index (χ2n) is 4.36. The molecule has 0 aliphatic heterocycles. The van der Waals surface area contributed by atoms with Gasteiger partial charge in [-0.1, -0.05) is 0 Å². The molecule has 0 saturated carbocycles. The van der Waals surface area contributed by atoms with E-state index in [1.165, 1.54) is 11.3 Å².